The molecule has 3 aromatic heterocycles. The summed E-state index contributed by atoms with van der Waals surface area (Å²) in [7, 11) is 0. The van der Waals surface area contributed by atoms with E-state index in [1.165, 1.54) is 6.20 Å². The molecular weight excluding hydrogens is 446 g/mol. The van der Waals surface area contributed by atoms with Gasteiger partial charge in [0, 0.05) is 37.4 Å². The minimum atomic E-state index is -0.851. The van der Waals surface area contributed by atoms with E-state index in [-0.39, 0.29) is 23.4 Å². The summed E-state index contributed by atoms with van der Waals surface area (Å²) in [6.07, 6.45) is 9.98. The Bertz CT molecular complexity index is 1330. The maximum Gasteiger partial charge on any atom is 0.252 e. The van der Waals surface area contributed by atoms with Crippen LogP contribution in [0, 0.1) is 22.7 Å². The van der Waals surface area contributed by atoms with Crippen molar-refractivity contribution in [1.29, 1.82) is 5.26 Å². The molecule has 3 aromatic rings. The molecule has 0 unspecified atom stereocenters. The van der Waals surface area contributed by atoms with Crippen molar-refractivity contribution in [3.05, 3.63) is 30.4 Å². The van der Waals surface area contributed by atoms with Gasteiger partial charge in [-0.1, -0.05) is 13.8 Å². The van der Waals surface area contributed by atoms with E-state index in [1.807, 2.05) is 10.9 Å². The molecule has 2 fully saturated rings. The molecule has 1 aliphatic heterocycles. The van der Waals surface area contributed by atoms with Crippen LogP contribution in [0.5, 0.6) is 0 Å². The molecule has 2 aliphatic rings. The number of hydrogen-bond acceptors (Lipinski definition) is 7. The van der Waals surface area contributed by atoms with Crippen molar-refractivity contribution in [1.82, 2.24) is 29.3 Å². The van der Waals surface area contributed by atoms with Crippen molar-refractivity contribution in [2.75, 3.05) is 18.4 Å². The topological polar surface area (TPSA) is 147 Å². The van der Waals surface area contributed by atoms with Crippen LogP contribution >= 0.6 is 0 Å². The number of amides is 2. The summed E-state index contributed by atoms with van der Waals surface area (Å²) in [5, 5.41) is 21.7. The maximum atomic E-state index is 13.0. The third-order valence-corrected chi connectivity index (χ3v) is 7.10. The Morgan fingerprint density at radius 2 is 2.03 bits per heavy atom. The minimum absolute atomic E-state index is 0.0926. The Balaban J connectivity index is 1.48. The number of fused-ring (bicyclic) bond motifs is 1. The van der Waals surface area contributed by atoms with Crippen LogP contribution in [0.4, 0.5) is 5.69 Å². The molecule has 35 heavy (non-hydrogen) atoms. The molecule has 0 aromatic carbocycles. The van der Waals surface area contributed by atoms with Crippen LogP contribution in [0.2, 0.25) is 0 Å². The largest absolute Gasteiger partial charge is 0.376 e. The number of nitrogens with two attached hydrogens (primary N) is 1. The molecule has 5 rings (SSSR count). The van der Waals surface area contributed by atoms with E-state index in [0.29, 0.717) is 43.0 Å². The van der Waals surface area contributed by atoms with Crippen molar-refractivity contribution in [3.63, 3.8) is 0 Å². The number of rotatable bonds is 8. The molecule has 2 atom stereocenters. The lowest BCUT2D eigenvalue weighted by atomic mass is 10.0. The second-order valence-corrected chi connectivity index (χ2v) is 9.51. The number of primary amides is 1. The smallest absolute Gasteiger partial charge is 0.252 e. The number of carbonyl (C=O) groups is 2. The van der Waals surface area contributed by atoms with Crippen molar-refractivity contribution in [3.8, 4) is 17.3 Å². The van der Waals surface area contributed by atoms with E-state index < -0.39 is 11.3 Å². The average Bonchev–Trinajstić information content (AvgIpc) is 3.15. The summed E-state index contributed by atoms with van der Waals surface area (Å²) in [6.45, 7) is 5.99. The van der Waals surface area contributed by atoms with Crippen molar-refractivity contribution in [2.24, 2.45) is 17.1 Å². The van der Waals surface area contributed by atoms with Crippen LogP contribution in [0.15, 0.2) is 24.8 Å². The van der Waals surface area contributed by atoms with Crippen LogP contribution in [0.1, 0.15) is 49.9 Å². The number of likely N-dealkylation sites (tertiary alicyclic amines) is 1. The highest BCUT2D eigenvalue weighted by Gasteiger charge is 2.54. The van der Waals surface area contributed by atoms with Gasteiger partial charge in [0.15, 0.2) is 5.65 Å². The first kappa shape index (κ1) is 22.8. The fourth-order valence-corrected chi connectivity index (χ4v) is 4.85. The molecule has 0 bridgehead atoms. The third kappa shape index (κ3) is 3.99. The predicted octanol–water partition coefficient (Wildman–Crippen LogP) is 2.05. The highest BCUT2D eigenvalue weighted by atomic mass is 16.2. The number of nitrogens with one attached hydrogen (secondary N) is 1. The van der Waals surface area contributed by atoms with E-state index in [2.05, 4.69) is 35.4 Å². The number of nitrogens with zero attached hydrogens (tertiary/aromatic N) is 7. The molecule has 182 valence electrons. The van der Waals surface area contributed by atoms with E-state index >= 15 is 0 Å². The molecule has 1 saturated heterocycles. The maximum absolute atomic E-state index is 13.0. The van der Waals surface area contributed by atoms with E-state index in [4.69, 9.17) is 10.7 Å². The Kier molecular flexibility index (Phi) is 5.67. The van der Waals surface area contributed by atoms with Crippen LogP contribution in [0.25, 0.3) is 16.9 Å². The van der Waals surface area contributed by atoms with Gasteiger partial charge in [-0.15, -0.1) is 0 Å². The van der Waals surface area contributed by atoms with Crippen molar-refractivity contribution >= 4 is 23.1 Å². The van der Waals surface area contributed by atoms with Crippen LogP contribution in [-0.4, -0.2) is 60.2 Å². The predicted molar refractivity (Wildman–Crippen MR) is 128 cm³/mol. The van der Waals surface area contributed by atoms with Gasteiger partial charge >= 0.3 is 0 Å². The summed E-state index contributed by atoms with van der Waals surface area (Å²) in [6, 6.07) is 2.09. The quantitative estimate of drug-likeness (QED) is 0.507. The highest BCUT2D eigenvalue weighted by molar-refractivity contribution is 6.01. The molecule has 2 amide bonds. The first-order valence-corrected chi connectivity index (χ1v) is 12.1. The van der Waals surface area contributed by atoms with E-state index in [1.54, 1.807) is 21.8 Å². The van der Waals surface area contributed by atoms with Crippen molar-refractivity contribution < 1.29 is 9.59 Å². The lowest BCUT2D eigenvalue weighted by molar-refractivity contribution is -0.134. The summed E-state index contributed by atoms with van der Waals surface area (Å²) in [5.74, 6) is -0.544. The summed E-state index contributed by atoms with van der Waals surface area (Å²) in [4.78, 5) is 31.8. The molecular formula is C24H29N9O2. The number of carbonyl (C=O) groups excluding carboxylic acids is 2. The first-order valence-electron chi connectivity index (χ1n) is 12.1. The number of nitriles is 1. The summed E-state index contributed by atoms with van der Waals surface area (Å²) in [5.41, 5.74) is 7.60. The zero-order valence-electron chi connectivity index (χ0n) is 19.9. The van der Waals surface area contributed by atoms with Gasteiger partial charge in [-0.05, 0) is 31.6 Å². The fourth-order valence-electron chi connectivity index (χ4n) is 4.85. The number of aromatic nitrogens is 5. The molecule has 4 heterocycles. The minimum Gasteiger partial charge on any atom is -0.376 e. The van der Waals surface area contributed by atoms with Gasteiger partial charge in [-0.2, -0.15) is 15.5 Å². The van der Waals surface area contributed by atoms with Gasteiger partial charge in [0.1, 0.15) is 5.41 Å². The lowest BCUT2D eigenvalue weighted by Crippen LogP contribution is -2.36. The van der Waals surface area contributed by atoms with Gasteiger partial charge in [-0.25, -0.2) is 9.50 Å². The number of aryl methyl sites for hydroxylation is 1. The normalized spacial score (nSPS) is 20.7. The SMILES string of the molecule is CCCn1cc(-c2cn3ncc(C(N)=O)c(N[C@@H]4CN(C(=O)C5(C#N)CC5)C[C@@H]4CC)c3n2)cn1. The fraction of sp³-hybridized carbons (Fsp3) is 0.500. The van der Waals surface area contributed by atoms with E-state index in [9.17, 15) is 14.9 Å². The molecule has 0 spiro atoms. The van der Waals surface area contributed by atoms with E-state index in [0.717, 1.165) is 24.9 Å². The molecule has 11 heteroatoms. The van der Waals surface area contributed by atoms with Gasteiger partial charge in [0.05, 0.1) is 41.6 Å². The highest BCUT2D eigenvalue weighted by Crippen LogP contribution is 2.47. The second kappa shape index (κ2) is 8.69. The molecule has 1 aliphatic carbocycles. The monoisotopic (exact) mass is 475 g/mol. The Labute approximate surface area is 202 Å². The third-order valence-electron chi connectivity index (χ3n) is 7.10. The van der Waals surface area contributed by atoms with Crippen LogP contribution < -0.4 is 11.1 Å². The Morgan fingerprint density at radius 3 is 2.69 bits per heavy atom. The summed E-state index contributed by atoms with van der Waals surface area (Å²) >= 11 is 0. The van der Waals surface area contributed by atoms with Crippen LogP contribution in [-0.2, 0) is 11.3 Å². The second-order valence-electron chi connectivity index (χ2n) is 9.51. The summed E-state index contributed by atoms with van der Waals surface area (Å²) < 4.78 is 3.49. The first-order chi connectivity index (χ1) is 16.9. The lowest BCUT2D eigenvalue weighted by Gasteiger charge is -2.21. The number of anilines is 1. The average molecular weight is 476 g/mol. The van der Waals surface area contributed by atoms with Gasteiger partial charge in [0.2, 0.25) is 5.91 Å². The Morgan fingerprint density at radius 1 is 1.23 bits per heavy atom. The zero-order valence-corrected chi connectivity index (χ0v) is 19.9. The van der Waals surface area contributed by atoms with Gasteiger partial charge in [0.25, 0.3) is 5.91 Å². The molecule has 11 nitrogen and oxygen atoms in total. The van der Waals surface area contributed by atoms with Crippen LogP contribution in [0.3, 0.4) is 0 Å². The zero-order chi connectivity index (χ0) is 24.7. The standard InChI is InChI=1S/C24H29N9O2/c1-3-7-32-11-16(8-27-32)19-13-33-22(30-19)20(17(9-28-33)21(26)34)29-18-12-31(10-15(18)4-2)23(35)24(14-25)5-6-24/h8-9,11,13,15,18,29H,3-7,10,12H2,1-2H3,(H2,26,34)/t15-,18+/m0/s1. The number of hydrogen-bond donors (Lipinski definition) is 2. The Hall–Kier alpha value is -3.94. The van der Waals surface area contributed by atoms with Gasteiger partial charge in [-0.3, -0.25) is 14.3 Å². The van der Waals surface area contributed by atoms with Gasteiger partial charge < -0.3 is 16.0 Å². The van der Waals surface area contributed by atoms with Crippen molar-refractivity contribution in [2.45, 2.75) is 52.1 Å². The molecule has 3 N–H and O–H groups in total. The molecule has 1 saturated carbocycles. The number of imidazole rings is 1. The molecule has 0 radical (unpaired) electrons.